The highest BCUT2D eigenvalue weighted by atomic mass is 127. The highest BCUT2D eigenvalue weighted by Gasteiger charge is 2.11. The number of hydrogen-bond acceptors (Lipinski definition) is 3. The van der Waals surface area contributed by atoms with Crippen LogP contribution in [0.3, 0.4) is 0 Å². The first-order chi connectivity index (χ1) is 8.69. The summed E-state index contributed by atoms with van der Waals surface area (Å²) in [5, 5.41) is 6.01. The molecule has 0 aromatic carbocycles. The number of alkyl halides is 2. The normalized spacial score (nSPS) is 11.3. The van der Waals surface area contributed by atoms with Crippen molar-refractivity contribution in [1.82, 2.24) is 20.2 Å². The van der Waals surface area contributed by atoms with Gasteiger partial charge in [0, 0.05) is 31.7 Å². The highest BCUT2D eigenvalue weighted by molar-refractivity contribution is 14.0. The Bertz CT molecular complexity index is 386. The van der Waals surface area contributed by atoms with Crippen molar-refractivity contribution in [3.05, 3.63) is 18.2 Å². The molecule has 0 saturated heterocycles. The fourth-order valence-electron chi connectivity index (χ4n) is 1.31. The summed E-state index contributed by atoms with van der Waals surface area (Å²) in [6.07, 6.45) is 4.62. The predicted molar refractivity (Wildman–Crippen MR) is 85.5 cm³/mol. The molecular weight excluding hydrogens is 387 g/mol. The maximum atomic E-state index is 12.6. The van der Waals surface area contributed by atoms with E-state index in [0.717, 1.165) is 16.9 Å². The number of rotatable bonds is 6. The average molecular weight is 405 g/mol. The number of nitrogens with one attached hydrogen (secondary N) is 2. The summed E-state index contributed by atoms with van der Waals surface area (Å²) in [4.78, 5) is 7.87. The average Bonchev–Trinajstić information content (AvgIpc) is 2.82. The van der Waals surface area contributed by atoms with Crippen molar-refractivity contribution in [2.45, 2.75) is 13.1 Å². The minimum atomic E-state index is -2.57. The van der Waals surface area contributed by atoms with Gasteiger partial charge in [0.25, 0.3) is 0 Å². The second kappa shape index (κ2) is 10.2. The molecule has 1 aromatic rings. The van der Waals surface area contributed by atoms with Crippen molar-refractivity contribution in [2.75, 3.05) is 25.6 Å². The van der Waals surface area contributed by atoms with Gasteiger partial charge in [-0.25, -0.2) is 4.98 Å². The van der Waals surface area contributed by atoms with Crippen LogP contribution in [-0.4, -0.2) is 41.1 Å². The van der Waals surface area contributed by atoms with Crippen molar-refractivity contribution < 1.29 is 8.78 Å². The lowest BCUT2D eigenvalue weighted by atomic mass is 10.5. The summed E-state index contributed by atoms with van der Waals surface area (Å²) in [6.45, 7) is -1.60. The quantitative estimate of drug-likeness (QED) is 0.329. The van der Waals surface area contributed by atoms with Gasteiger partial charge in [-0.2, -0.15) is 20.5 Å². The molecule has 5 nitrogen and oxygen atoms in total. The monoisotopic (exact) mass is 405 g/mol. The number of nitrogens with zero attached hydrogens (tertiary/aromatic N) is 3. The van der Waals surface area contributed by atoms with Gasteiger partial charge in [0.15, 0.2) is 5.96 Å². The Balaban J connectivity index is 0.00000324. The van der Waals surface area contributed by atoms with E-state index in [2.05, 4.69) is 20.6 Å². The zero-order chi connectivity index (χ0) is 13.4. The van der Waals surface area contributed by atoms with E-state index in [4.69, 9.17) is 0 Å². The fraction of sp³-hybridized carbons (Fsp3) is 0.600. The number of thioether (sulfide) groups is 1. The van der Waals surface area contributed by atoms with Crippen LogP contribution < -0.4 is 10.6 Å². The zero-order valence-electron chi connectivity index (χ0n) is 10.8. The van der Waals surface area contributed by atoms with Gasteiger partial charge in [0.2, 0.25) is 0 Å². The van der Waals surface area contributed by atoms with E-state index in [1.165, 1.54) is 12.4 Å². The fourth-order valence-corrected chi connectivity index (χ4v) is 1.62. The molecule has 0 spiro atoms. The molecule has 19 heavy (non-hydrogen) atoms. The van der Waals surface area contributed by atoms with Crippen LogP contribution in [0, 0.1) is 0 Å². The maximum absolute atomic E-state index is 12.6. The largest absolute Gasteiger partial charge is 0.356 e. The van der Waals surface area contributed by atoms with E-state index < -0.39 is 6.55 Å². The summed E-state index contributed by atoms with van der Waals surface area (Å²) < 4.78 is 25.9. The molecule has 0 unspecified atom stereocenters. The molecule has 0 aliphatic heterocycles. The number of aliphatic imine (C=N–C) groups is 1. The Morgan fingerprint density at radius 1 is 1.53 bits per heavy atom. The first kappa shape index (κ1) is 18.4. The summed E-state index contributed by atoms with van der Waals surface area (Å²) in [5.74, 6) is 1.80. The second-order valence-electron chi connectivity index (χ2n) is 3.37. The predicted octanol–water partition coefficient (Wildman–Crippen LogP) is 1.92. The minimum Gasteiger partial charge on any atom is -0.356 e. The SMILES string of the molecule is CN=C(NCCSC)NCc1nccn1C(F)F.I. The Morgan fingerprint density at radius 2 is 2.26 bits per heavy atom. The lowest BCUT2D eigenvalue weighted by Crippen LogP contribution is -2.38. The van der Waals surface area contributed by atoms with Gasteiger partial charge in [0.1, 0.15) is 5.82 Å². The smallest absolute Gasteiger partial charge is 0.319 e. The molecule has 0 atom stereocenters. The molecule has 1 aromatic heterocycles. The maximum Gasteiger partial charge on any atom is 0.319 e. The summed E-state index contributed by atoms with van der Waals surface area (Å²) in [7, 11) is 1.63. The number of guanidine groups is 1. The molecule has 0 aliphatic carbocycles. The molecular formula is C10H18F2IN5S. The van der Waals surface area contributed by atoms with E-state index in [1.54, 1.807) is 18.8 Å². The first-order valence-corrected chi connectivity index (χ1v) is 6.81. The standard InChI is InChI=1S/C10H17F2N5S.HI/c1-13-10(15-4-6-18-2)16-7-8-14-3-5-17(8)9(11)12;/h3,5,9H,4,6-7H2,1-2H3,(H2,13,15,16);1H. The number of hydrogen-bond donors (Lipinski definition) is 2. The molecule has 0 radical (unpaired) electrons. The Hall–Kier alpha value is -0.580. The first-order valence-electron chi connectivity index (χ1n) is 5.42. The van der Waals surface area contributed by atoms with Gasteiger partial charge in [-0.05, 0) is 6.26 Å². The summed E-state index contributed by atoms with van der Waals surface area (Å²) in [6, 6.07) is 0. The van der Waals surface area contributed by atoms with Crippen LogP contribution in [0.4, 0.5) is 8.78 Å². The molecule has 9 heteroatoms. The van der Waals surface area contributed by atoms with Crippen molar-refractivity contribution in [3.63, 3.8) is 0 Å². The van der Waals surface area contributed by atoms with Gasteiger partial charge >= 0.3 is 6.55 Å². The van der Waals surface area contributed by atoms with Gasteiger partial charge < -0.3 is 10.6 Å². The molecule has 1 heterocycles. The van der Waals surface area contributed by atoms with Crippen LogP contribution in [0.25, 0.3) is 0 Å². The van der Waals surface area contributed by atoms with Crippen LogP contribution in [0.15, 0.2) is 17.4 Å². The molecule has 110 valence electrons. The van der Waals surface area contributed by atoms with Crippen molar-refractivity contribution in [3.8, 4) is 0 Å². The van der Waals surface area contributed by atoms with Crippen LogP contribution in [0.2, 0.25) is 0 Å². The van der Waals surface area contributed by atoms with E-state index >= 15 is 0 Å². The highest BCUT2D eigenvalue weighted by Crippen LogP contribution is 2.11. The van der Waals surface area contributed by atoms with Gasteiger partial charge in [-0.3, -0.25) is 9.56 Å². The van der Waals surface area contributed by atoms with E-state index in [0.29, 0.717) is 5.96 Å². The minimum absolute atomic E-state index is 0. The lowest BCUT2D eigenvalue weighted by Gasteiger charge is -2.12. The third-order valence-electron chi connectivity index (χ3n) is 2.20. The molecule has 0 saturated carbocycles. The number of halogens is 3. The molecule has 2 N–H and O–H groups in total. The van der Waals surface area contributed by atoms with Crippen LogP contribution >= 0.6 is 35.7 Å². The molecule has 1 rings (SSSR count). The van der Waals surface area contributed by atoms with E-state index in [1.807, 2.05) is 6.26 Å². The van der Waals surface area contributed by atoms with Crippen molar-refractivity contribution >= 4 is 41.7 Å². The molecule has 0 bridgehead atoms. The lowest BCUT2D eigenvalue weighted by molar-refractivity contribution is 0.0668. The van der Waals surface area contributed by atoms with Gasteiger partial charge in [-0.15, -0.1) is 24.0 Å². The van der Waals surface area contributed by atoms with Crippen molar-refractivity contribution in [2.24, 2.45) is 4.99 Å². The Morgan fingerprint density at radius 3 is 2.84 bits per heavy atom. The third-order valence-corrected chi connectivity index (χ3v) is 2.81. The van der Waals surface area contributed by atoms with Crippen molar-refractivity contribution in [1.29, 1.82) is 0 Å². The van der Waals surface area contributed by atoms with E-state index in [-0.39, 0.29) is 36.3 Å². The Labute approximate surface area is 132 Å². The zero-order valence-corrected chi connectivity index (χ0v) is 13.9. The second-order valence-corrected chi connectivity index (χ2v) is 4.36. The van der Waals surface area contributed by atoms with Gasteiger partial charge in [0.05, 0.1) is 6.54 Å². The van der Waals surface area contributed by atoms with E-state index in [9.17, 15) is 8.78 Å². The molecule has 0 aliphatic rings. The van der Waals surface area contributed by atoms with Crippen LogP contribution in [0.5, 0.6) is 0 Å². The number of imidazole rings is 1. The summed E-state index contributed by atoms with van der Waals surface area (Å²) >= 11 is 1.72. The van der Waals surface area contributed by atoms with Gasteiger partial charge in [-0.1, -0.05) is 0 Å². The van der Waals surface area contributed by atoms with Crippen LogP contribution in [-0.2, 0) is 6.54 Å². The Kier molecular flexibility index (Phi) is 9.92. The van der Waals surface area contributed by atoms with Crippen LogP contribution in [0.1, 0.15) is 12.4 Å². The molecule has 0 amide bonds. The molecule has 0 fully saturated rings. The topological polar surface area (TPSA) is 54.2 Å². The summed E-state index contributed by atoms with van der Waals surface area (Å²) in [5.41, 5.74) is 0. The third kappa shape index (κ3) is 6.41. The number of aromatic nitrogens is 2.